The van der Waals surface area contributed by atoms with Gasteiger partial charge in [-0.1, -0.05) is 0 Å². The lowest BCUT2D eigenvalue weighted by Crippen LogP contribution is -2.22. The van der Waals surface area contributed by atoms with Crippen LogP contribution in [0.25, 0.3) is 10.9 Å². The predicted molar refractivity (Wildman–Crippen MR) is 104 cm³/mol. The lowest BCUT2D eigenvalue weighted by atomic mass is 10.1. The van der Waals surface area contributed by atoms with Crippen molar-refractivity contribution in [3.8, 4) is 0 Å². The van der Waals surface area contributed by atoms with Crippen molar-refractivity contribution < 1.29 is 13.7 Å². The van der Waals surface area contributed by atoms with Gasteiger partial charge in [-0.25, -0.2) is 8.78 Å². The average Bonchev–Trinajstić information content (AvgIpc) is 3.17. The first-order chi connectivity index (χ1) is 13.5. The van der Waals surface area contributed by atoms with Gasteiger partial charge in [-0.15, -0.1) is 0 Å². The van der Waals surface area contributed by atoms with Gasteiger partial charge in [-0.2, -0.15) is 0 Å². The van der Waals surface area contributed by atoms with Crippen LogP contribution in [0.1, 0.15) is 6.42 Å². The molecule has 2 aromatic carbocycles. The molecule has 1 N–H and O–H groups in total. The second-order valence-corrected chi connectivity index (χ2v) is 6.87. The third-order valence-corrected chi connectivity index (χ3v) is 5.08. The van der Waals surface area contributed by atoms with E-state index in [-0.39, 0.29) is 5.69 Å². The molecule has 6 nitrogen and oxygen atoms in total. The predicted octanol–water partition coefficient (Wildman–Crippen LogP) is 4.36. The fourth-order valence-electron chi connectivity index (χ4n) is 3.63. The van der Waals surface area contributed by atoms with E-state index in [1.165, 1.54) is 12.1 Å². The van der Waals surface area contributed by atoms with Gasteiger partial charge in [0.25, 0.3) is 5.69 Å². The molecule has 1 aliphatic heterocycles. The molecule has 4 rings (SSSR count). The molecule has 1 aliphatic rings. The summed E-state index contributed by atoms with van der Waals surface area (Å²) in [5, 5.41) is 15.0. The number of nitro groups is 1. The lowest BCUT2D eigenvalue weighted by Gasteiger charge is -2.19. The van der Waals surface area contributed by atoms with Crippen LogP contribution in [0.15, 0.2) is 48.7 Å². The van der Waals surface area contributed by atoms with E-state index in [0.29, 0.717) is 29.1 Å². The number of non-ortho nitro benzene ring substituents is 1. The number of nitro benzene ring substituents is 1. The highest BCUT2D eigenvalue weighted by atomic mass is 19.2. The molecular weight excluding hydrogens is 366 g/mol. The highest BCUT2D eigenvalue weighted by Crippen LogP contribution is 2.31. The van der Waals surface area contributed by atoms with Crippen LogP contribution in [-0.2, 0) is 0 Å². The number of hydrogen-bond donors (Lipinski definition) is 1. The van der Waals surface area contributed by atoms with Crippen LogP contribution in [0.3, 0.4) is 0 Å². The highest BCUT2D eigenvalue weighted by Gasteiger charge is 2.24. The smallest absolute Gasteiger partial charge is 0.278 e. The van der Waals surface area contributed by atoms with Gasteiger partial charge in [0.2, 0.25) is 0 Å². The molecule has 0 bridgehead atoms. The summed E-state index contributed by atoms with van der Waals surface area (Å²) in [5.41, 5.74) is 2.00. The van der Waals surface area contributed by atoms with Crippen LogP contribution in [-0.4, -0.2) is 29.5 Å². The zero-order valence-corrected chi connectivity index (χ0v) is 14.9. The number of nitrogens with one attached hydrogen (secondary N) is 1. The Kier molecular flexibility index (Phi) is 4.77. The largest absolute Gasteiger partial charge is 0.383 e. The number of hydrogen-bond acceptors (Lipinski definition) is 5. The van der Waals surface area contributed by atoms with E-state index < -0.39 is 16.6 Å². The number of pyridine rings is 1. The van der Waals surface area contributed by atoms with Crippen LogP contribution in [0.2, 0.25) is 0 Å². The van der Waals surface area contributed by atoms with Crippen molar-refractivity contribution in [1.29, 1.82) is 0 Å². The summed E-state index contributed by atoms with van der Waals surface area (Å²) in [6.07, 6.45) is 2.52. The Morgan fingerprint density at radius 1 is 1.21 bits per heavy atom. The molecule has 144 valence electrons. The molecule has 0 aliphatic carbocycles. The van der Waals surface area contributed by atoms with Gasteiger partial charge < -0.3 is 10.2 Å². The molecule has 1 atom stereocenters. The minimum Gasteiger partial charge on any atom is -0.383 e. The van der Waals surface area contributed by atoms with Crippen molar-refractivity contribution in [2.24, 2.45) is 5.92 Å². The topological polar surface area (TPSA) is 71.3 Å². The fourth-order valence-corrected chi connectivity index (χ4v) is 3.63. The maximum atomic E-state index is 13.5. The highest BCUT2D eigenvalue weighted by molar-refractivity contribution is 5.96. The van der Waals surface area contributed by atoms with Gasteiger partial charge in [0, 0.05) is 43.7 Å². The van der Waals surface area contributed by atoms with E-state index in [4.69, 9.17) is 0 Å². The van der Waals surface area contributed by atoms with Crippen molar-refractivity contribution in [2.75, 3.05) is 29.9 Å². The Bertz CT molecular complexity index is 1040. The zero-order chi connectivity index (χ0) is 19.7. The van der Waals surface area contributed by atoms with Gasteiger partial charge in [-0.3, -0.25) is 15.1 Å². The molecule has 1 saturated heterocycles. The SMILES string of the molecule is O=[N+]([O-])c1ccc(NC[C@H]2CCN(c3ccc(F)c(F)c3)C2)c2ncccc12. The molecule has 0 radical (unpaired) electrons. The molecule has 28 heavy (non-hydrogen) atoms. The Hall–Kier alpha value is -3.29. The van der Waals surface area contributed by atoms with Crippen LogP contribution in [0.4, 0.5) is 25.8 Å². The third-order valence-electron chi connectivity index (χ3n) is 5.08. The molecule has 1 fully saturated rings. The van der Waals surface area contributed by atoms with E-state index in [1.54, 1.807) is 30.5 Å². The summed E-state index contributed by atoms with van der Waals surface area (Å²) < 4.78 is 26.6. The molecule has 0 amide bonds. The second-order valence-electron chi connectivity index (χ2n) is 6.87. The maximum Gasteiger partial charge on any atom is 0.278 e. The van der Waals surface area contributed by atoms with E-state index in [0.717, 1.165) is 31.3 Å². The number of nitrogens with zero attached hydrogens (tertiary/aromatic N) is 3. The number of anilines is 2. The quantitative estimate of drug-likeness (QED) is 0.523. The summed E-state index contributed by atoms with van der Waals surface area (Å²) in [7, 11) is 0. The van der Waals surface area contributed by atoms with Crippen molar-refractivity contribution in [1.82, 2.24) is 4.98 Å². The fraction of sp³-hybridized carbons (Fsp3) is 0.250. The average molecular weight is 384 g/mol. The third kappa shape index (κ3) is 3.45. The van der Waals surface area contributed by atoms with E-state index in [2.05, 4.69) is 10.3 Å². The Balaban J connectivity index is 1.46. The Labute approximate surface area is 160 Å². The molecular formula is C20H18F2N4O2. The van der Waals surface area contributed by atoms with Crippen LogP contribution < -0.4 is 10.2 Å². The summed E-state index contributed by atoms with van der Waals surface area (Å²) in [6.45, 7) is 2.14. The van der Waals surface area contributed by atoms with Gasteiger partial charge in [0.05, 0.1) is 16.0 Å². The van der Waals surface area contributed by atoms with Crippen molar-refractivity contribution in [2.45, 2.75) is 6.42 Å². The first-order valence-electron chi connectivity index (χ1n) is 8.99. The second kappa shape index (κ2) is 7.38. The number of aromatic nitrogens is 1. The van der Waals surface area contributed by atoms with Gasteiger partial charge in [-0.05, 0) is 42.7 Å². The molecule has 8 heteroatoms. The molecule has 0 saturated carbocycles. The van der Waals surface area contributed by atoms with Gasteiger partial charge >= 0.3 is 0 Å². The Morgan fingerprint density at radius 3 is 2.86 bits per heavy atom. The number of fused-ring (bicyclic) bond motifs is 1. The van der Waals surface area contributed by atoms with E-state index in [9.17, 15) is 18.9 Å². The zero-order valence-electron chi connectivity index (χ0n) is 14.9. The van der Waals surface area contributed by atoms with Crippen LogP contribution in [0.5, 0.6) is 0 Å². The number of rotatable bonds is 5. The summed E-state index contributed by atoms with van der Waals surface area (Å²) in [6, 6.07) is 10.5. The summed E-state index contributed by atoms with van der Waals surface area (Å²) in [4.78, 5) is 17.1. The first kappa shape index (κ1) is 18.1. The van der Waals surface area contributed by atoms with E-state index in [1.807, 2.05) is 4.90 Å². The van der Waals surface area contributed by atoms with Gasteiger partial charge in [0.1, 0.15) is 5.52 Å². The maximum absolute atomic E-state index is 13.5. The van der Waals surface area contributed by atoms with Gasteiger partial charge in [0.15, 0.2) is 11.6 Å². The molecule has 2 heterocycles. The minimum absolute atomic E-state index is 0.0269. The molecule has 1 aromatic heterocycles. The molecule has 0 unspecified atom stereocenters. The first-order valence-corrected chi connectivity index (χ1v) is 8.99. The van der Waals surface area contributed by atoms with Crippen molar-refractivity contribution in [3.05, 3.63) is 70.4 Å². The Morgan fingerprint density at radius 2 is 2.07 bits per heavy atom. The monoisotopic (exact) mass is 384 g/mol. The summed E-state index contributed by atoms with van der Waals surface area (Å²) in [5.74, 6) is -1.39. The normalized spacial score (nSPS) is 16.5. The van der Waals surface area contributed by atoms with Crippen LogP contribution in [0, 0.1) is 27.7 Å². The van der Waals surface area contributed by atoms with E-state index >= 15 is 0 Å². The number of halogens is 2. The van der Waals surface area contributed by atoms with Crippen LogP contribution >= 0.6 is 0 Å². The molecule has 0 spiro atoms. The van der Waals surface area contributed by atoms with Crippen molar-refractivity contribution >= 4 is 28.0 Å². The molecule has 3 aromatic rings. The number of benzene rings is 2. The lowest BCUT2D eigenvalue weighted by molar-refractivity contribution is -0.383. The standard InChI is InChI=1S/C20H18F2N4O2/c21-16-4-3-14(10-17(16)22)25-9-7-13(12-25)11-24-18-5-6-19(26(27)28)15-2-1-8-23-20(15)18/h1-6,8,10,13,24H,7,9,11-12H2/t13-/m1/s1. The van der Waals surface area contributed by atoms with Crippen molar-refractivity contribution in [3.63, 3.8) is 0 Å². The minimum atomic E-state index is -0.848. The summed E-state index contributed by atoms with van der Waals surface area (Å²) >= 11 is 0.